The van der Waals surface area contributed by atoms with Gasteiger partial charge in [-0.15, -0.1) is 0 Å². The first-order valence-electron chi connectivity index (χ1n) is 5.65. The minimum absolute atomic E-state index is 0.0132. The Balaban J connectivity index is 2.16. The van der Waals surface area contributed by atoms with E-state index >= 15 is 0 Å². The van der Waals surface area contributed by atoms with E-state index in [9.17, 15) is 13.2 Å². The molecular formula is C12H8BrF3O3S. The first-order valence-corrected chi connectivity index (χ1v) is 7.26. The number of hydrogen-bond donors (Lipinski definition) is 0. The summed E-state index contributed by atoms with van der Waals surface area (Å²) in [6, 6.07) is 4.94. The second-order valence-electron chi connectivity index (χ2n) is 4.03. The highest BCUT2D eigenvalue weighted by molar-refractivity contribution is 9.10. The van der Waals surface area contributed by atoms with Crippen LogP contribution in [0.4, 0.5) is 13.2 Å². The third kappa shape index (κ3) is 2.69. The quantitative estimate of drug-likeness (QED) is 0.709. The van der Waals surface area contributed by atoms with E-state index in [1.807, 2.05) is 0 Å². The van der Waals surface area contributed by atoms with Gasteiger partial charge in [-0.05, 0) is 39.8 Å². The van der Waals surface area contributed by atoms with Crippen LogP contribution in [0.25, 0.3) is 11.0 Å². The summed E-state index contributed by atoms with van der Waals surface area (Å²) >= 11 is 3.05. The van der Waals surface area contributed by atoms with Crippen LogP contribution >= 0.6 is 27.7 Å². The molecule has 0 amide bonds. The molecule has 108 valence electrons. The van der Waals surface area contributed by atoms with Gasteiger partial charge in [-0.25, -0.2) is 0 Å². The second kappa shape index (κ2) is 5.25. The van der Waals surface area contributed by atoms with Crippen LogP contribution in [0, 0.1) is 0 Å². The molecule has 8 heteroatoms. The number of rotatable bonds is 2. The summed E-state index contributed by atoms with van der Waals surface area (Å²) in [6.45, 7) is 0.665. The fourth-order valence-corrected chi connectivity index (χ4v) is 3.15. The maximum atomic E-state index is 12.7. The lowest BCUT2D eigenvalue weighted by Gasteiger charge is -2.09. The molecule has 0 saturated carbocycles. The molecule has 0 spiro atoms. The maximum absolute atomic E-state index is 12.7. The minimum Gasteiger partial charge on any atom is -0.453 e. The van der Waals surface area contributed by atoms with Crippen molar-refractivity contribution in [3.05, 3.63) is 28.4 Å². The van der Waals surface area contributed by atoms with Crippen LogP contribution < -0.4 is 0 Å². The number of ether oxygens (including phenoxy) is 2. The Labute approximate surface area is 124 Å². The van der Waals surface area contributed by atoms with Gasteiger partial charge in [-0.3, -0.25) is 0 Å². The largest absolute Gasteiger partial charge is 0.453 e. The van der Waals surface area contributed by atoms with Gasteiger partial charge in [-0.1, -0.05) is 6.07 Å². The number of alkyl halides is 3. The van der Waals surface area contributed by atoms with Crippen molar-refractivity contribution in [3.63, 3.8) is 0 Å². The summed E-state index contributed by atoms with van der Waals surface area (Å²) in [6.07, 6.45) is -0.890. The fraction of sp³-hybridized carbons (Fsp3) is 0.333. The molecule has 0 atom stereocenters. The summed E-state index contributed by atoms with van der Waals surface area (Å²) < 4.78 is 54.9. The Morgan fingerprint density at radius 2 is 1.90 bits per heavy atom. The van der Waals surface area contributed by atoms with Crippen LogP contribution in [0.15, 0.2) is 32.0 Å². The van der Waals surface area contributed by atoms with Crippen LogP contribution in [-0.2, 0) is 9.47 Å². The van der Waals surface area contributed by atoms with Crippen molar-refractivity contribution in [2.24, 2.45) is 0 Å². The molecule has 1 aliphatic heterocycles. The lowest BCUT2D eigenvalue weighted by Crippen LogP contribution is -2.03. The zero-order valence-electron chi connectivity index (χ0n) is 9.87. The molecular weight excluding hydrogens is 361 g/mol. The van der Waals surface area contributed by atoms with Gasteiger partial charge < -0.3 is 13.9 Å². The molecule has 3 rings (SSSR count). The summed E-state index contributed by atoms with van der Waals surface area (Å²) in [5.41, 5.74) is -4.06. The van der Waals surface area contributed by atoms with Crippen molar-refractivity contribution in [3.8, 4) is 0 Å². The lowest BCUT2D eigenvalue weighted by molar-refractivity contribution is -0.0608. The first-order chi connectivity index (χ1) is 9.46. The molecule has 2 aromatic rings. The van der Waals surface area contributed by atoms with E-state index < -0.39 is 11.8 Å². The zero-order chi connectivity index (χ0) is 14.3. The molecule has 0 N–H and O–H groups in total. The molecule has 3 nitrogen and oxygen atoms in total. The Morgan fingerprint density at radius 3 is 2.55 bits per heavy atom. The molecule has 1 aromatic heterocycles. The van der Waals surface area contributed by atoms with Gasteiger partial charge >= 0.3 is 5.51 Å². The van der Waals surface area contributed by atoms with Crippen molar-refractivity contribution >= 4 is 38.7 Å². The van der Waals surface area contributed by atoms with Gasteiger partial charge in [0.05, 0.1) is 22.6 Å². The van der Waals surface area contributed by atoms with E-state index in [4.69, 9.17) is 13.9 Å². The highest BCUT2D eigenvalue weighted by Crippen LogP contribution is 2.47. The number of furan rings is 1. The Kier molecular flexibility index (Phi) is 3.74. The van der Waals surface area contributed by atoms with E-state index in [-0.39, 0.29) is 22.4 Å². The summed E-state index contributed by atoms with van der Waals surface area (Å²) in [7, 11) is 0. The van der Waals surface area contributed by atoms with Gasteiger partial charge in [0.15, 0.2) is 5.76 Å². The maximum Gasteiger partial charge on any atom is 0.446 e. The van der Waals surface area contributed by atoms with E-state index in [1.54, 1.807) is 18.2 Å². The summed E-state index contributed by atoms with van der Waals surface area (Å²) in [5, 5.41) is 0.385. The van der Waals surface area contributed by atoms with Crippen molar-refractivity contribution < 1.29 is 27.1 Å². The van der Waals surface area contributed by atoms with Gasteiger partial charge in [0.2, 0.25) is 6.29 Å². The highest BCUT2D eigenvalue weighted by atomic mass is 79.9. The lowest BCUT2D eigenvalue weighted by atomic mass is 10.2. The van der Waals surface area contributed by atoms with E-state index in [0.717, 1.165) is 0 Å². The molecule has 0 bridgehead atoms. The van der Waals surface area contributed by atoms with Crippen LogP contribution in [0.3, 0.4) is 0 Å². The van der Waals surface area contributed by atoms with E-state index in [0.29, 0.717) is 28.7 Å². The molecule has 0 radical (unpaired) electrons. The van der Waals surface area contributed by atoms with Gasteiger partial charge in [0, 0.05) is 5.39 Å². The van der Waals surface area contributed by atoms with Crippen molar-refractivity contribution in [2.75, 3.05) is 13.2 Å². The Bertz CT molecular complexity index is 635. The molecule has 1 aliphatic rings. The van der Waals surface area contributed by atoms with Crippen molar-refractivity contribution in [1.29, 1.82) is 0 Å². The molecule has 1 aromatic carbocycles. The third-order valence-corrected chi connectivity index (χ3v) is 4.18. The molecule has 0 aliphatic carbocycles. The van der Waals surface area contributed by atoms with Crippen molar-refractivity contribution in [1.82, 2.24) is 0 Å². The monoisotopic (exact) mass is 368 g/mol. The van der Waals surface area contributed by atoms with Crippen LogP contribution in [0.2, 0.25) is 0 Å². The van der Waals surface area contributed by atoms with Crippen LogP contribution in [-0.4, -0.2) is 18.7 Å². The SMILES string of the molecule is FC(F)(F)Sc1c(C2OCCO2)oc2c(Br)cccc12. The normalized spacial score (nSPS) is 17.2. The minimum atomic E-state index is -4.41. The summed E-state index contributed by atoms with van der Waals surface area (Å²) in [5.74, 6) is 0.0618. The van der Waals surface area contributed by atoms with Gasteiger partial charge in [-0.2, -0.15) is 13.2 Å². The standard InChI is InChI=1S/C12H8BrF3O3S/c13-7-3-1-2-6-8(7)19-9(11-17-4-5-18-11)10(6)20-12(14,15)16/h1-3,11H,4-5H2. The number of halogens is 4. The zero-order valence-corrected chi connectivity index (χ0v) is 12.3. The molecule has 2 heterocycles. The van der Waals surface area contributed by atoms with E-state index in [2.05, 4.69) is 15.9 Å². The molecule has 1 saturated heterocycles. The second-order valence-corrected chi connectivity index (χ2v) is 5.96. The number of thioether (sulfide) groups is 1. The average molecular weight is 369 g/mol. The highest BCUT2D eigenvalue weighted by Gasteiger charge is 2.36. The molecule has 20 heavy (non-hydrogen) atoms. The smallest absolute Gasteiger partial charge is 0.446 e. The fourth-order valence-electron chi connectivity index (χ4n) is 1.97. The Hall–Kier alpha value is -0.700. The molecule has 0 unspecified atom stereocenters. The number of hydrogen-bond acceptors (Lipinski definition) is 4. The molecule has 1 fully saturated rings. The number of para-hydroxylation sites is 1. The predicted molar refractivity (Wildman–Crippen MR) is 70.5 cm³/mol. The average Bonchev–Trinajstić information content (AvgIpc) is 2.96. The summed E-state index contributed by atoms with van der Waals surface area (Å²) in [4.78, 5) is -0.0132. The van der Waals surface area contributed by atoms with Crippen LogP contribution in [0.1, 0.15) is 12.1 Å². The van der Waals surface area contributed by atoms with Gasteiger partial charge in [0.1, 0.15) is 5.58 Å². The van der Waals surface area contributed by atoms with E-state index in [1.165, 1.54) is 0 Å². The number of benzene rings is 1. The van der Waals surface area contributed by atoms with Crippen LogP contribution in [0.5, 0.6) is 0 Å². The topological polar surface area (TPSA) is 31.6 Å². The first kappa shape index (κ1) is 14.2. The van der Waals surface area contributed by atoms with Gasteiger partial charge in [0.25, 0.3) is 0 Å². The third-order valence-electron chi connectivity index (χ3n) is 2.70. The number of fused-ring (bicyclic) bond motifs is 1. The van der Waals surface area contributed by atoms with Crippen molar-refractivity contribution in [2.45, 2.75) is 16.7 Å². The predicted octanol–water partition coefficient (Wildman–Crippen LogP) is 4.85. The Morgan fingerprint density at radius 1 is 1.20 bits per heavy atom.